The fourth-order valence-electron chi connectivity index (χ4n) is 9.10. The number of benzene rings is 5. The maximum Gasteiger partial charge on any atom is 0.134 e. The molecule has 0 fully saturated rings. The van der Waals surface area contributed by atoms with Crippen LogP contribution in [0.1, 0.15) is 109 Å². The molecule has 59 heavy (non-hydrogen) atoms. The second kappa shape index (κ2) is 17.1. The van der Waals surface area contributed by atoms with Crippen molar-refractivity contribution in [2.45, 2.75) is 98.8 Å². The second-order valence-corrected chi connectivity index (χ2v) is 16.8. The zero-order valence-corrected chi connectivity index (χ0v) is 36.7. The van der Waals surface area contributed by atoms with E-state index in [-0.39, 0.29) is 10.8 Å². The predicted octanol–water partition coefficient (Wildman–Crippen LogP) is 15.2. The summed E-state index contributed by atoms with van der Waals surface area (Å²) in [5.41, 5.74) is 28.1. The van der Waals surface area contributed by atoms with Gasteiger partial charge >= 0.3 is 0 Å². The SMILES string of the molecule is C/C=C\CC.CCC.CCc1ccccc1N(Nc1c(N)n(-c2ccc3c(c2)C(C)(C)c2ccccc2-3)c2ccccc12)c1ccc2c(c1)C(C)(C)C1=C2C=CCC=C1. The molecule has 3 aliphatic rings. The number of nitrogens with two attached hydrogens (primary N) is 1. The van der Waals surface area contributed by atoms with Crippen molar-refractivity contribution < 1.29 is 0 Å². The number of para-hydroxylation sites is 2. The quantitative estimate of drug-likeness (QED) is 0.125. The van der Waals surface area contributed by atoms with Crippen LogP contribution < -0.4 is 16.2 Å². The molecule has 1 heterocycles. The molecule has 4 heteroatoms. The summed E-state index contributed by atoms with van der Waals surface area (Å²) in [4.78, 5) is 0. The number of hydrogen-bond acceptors (Lipinski definition) is 3. The third-order valence-electron chi connectivity index (χ3n) is 12.1. The Labute approximate surface area is 353 Å². The van der Waals surface area contributed by atoms with Crippen LogP contribution in [0.3, 0.4) is 0 Å². The van der Waals surface area contributed by atoms with Gasteiger partial charge in [0.05, 0.1) is 16.9 Å². The minimum Gasteiger partial charge on any atom is -0.383 e. The molecule has 3 aliphatic carbocycles. The highest BCUT2D eigenvalue weighted by Gasteiger charge is 2.37. The number of nitrogen functional groups attached to an aromatic ring is 1. The molecular formula is C55H62N4. The van der Waals surface area contributed by atoms with Crippen molar-refractivity contribution in [3.8, 4) is 16.8 Å². The number of hydrazine groups is 1. The smallest absolute Gasteiger partial charge is 0.134 e. The highest BCUT2D eigenvalue weighted by atomic mass is 15.5. The van der Waals surface area contributed by atoms with Gasteiger partial charge in [0.1, 0.15) is 11.5 Å². The van der Waals surface area contributed by atoms with E-state index in [1.54, 1.807) is 0 Å². The molecule has 0 amide bonds. The molecule has 0 spiro atoms. The Kier molecular flexibility index (Phi) is 11.9. The predicted molar refractivity (Wildman–Crippen MR) is 257 cm³/mol. The Morgan fingerprint density at radius 3 is 2.12 bits per heavy atom. The molecule has 0 radical (unpaired) electrons. The third kappa shape index (κ3) is 7.35. The number of rotatable bonds is 7. The minimum atomic E-state index is -0.127. The van der Waals surface area contributed by atoms with Crippen molar-refractivity contribution in [3.63, 3.8) is 0 Å². The van der Waals surface area contributed by atoms with Gasteiger partial charge in [0.2, 0.25) is 0 Å². The monoisotopic (exact) mass is 778 g/mol. The van der Waals surface area contributed by atoms with Crippen molar-refractivity contribution in [3.05, 3.63) is 179 Å². The number of hydrogen-bond donors (Lipinski definition) is 2. The van der Waals surface area contributed by atoms with E-state index in [2.05, 4.69) is 216 Å². The summed E-state index contributed by atoms with van der Waals surface area (Å²) in [5, 5.41) is 3.32. The number of anilines is 4. The number of nitrogens with zero attached hydrogens (tertiary/aromatic N) is 2. The highest BCUT2D eigenvalue weighted by Crippen LogP contribution is 2.51. The molecule has 0 saturated carbocycles. The van der Waals surface area contributed by atoms with E-state index < -0.39 is 0 Å². The summed E-state index contributed by atoms with van der Waals surface area (Å²) >= 11 is 0. The van der Waals surface area contributed by atoms with Crippen molar-refractivity contribution in [1.82, 2.24) is 4.57 Å². The zero-order valence-electron chi connectivity index (χ0n) is 36.7. The van der Waals surface area contributed by atoms with E-state index in [9.17, 15) is 0 Å². The van der Waals surface area contributed by atoms with Crippen molar-refractivity contribution >= 4 is 39.4 Å². The highest BCUT2D eigenvalue weighted by molar-refractivity contribution is 6.02. The Morgan fingerprint density at radius 1 is 0.712 bits per heavy atom. The molecule has 4 nitrogen and oxygen atoms in total. The van der Waals surface area contributed by atoms with E-state index >= 15 is 0 Å². The number of fused-ring (bicyclic) bond motifs is 6. The molecular weight excluding hydrogens is 717 g/mol. The normalized spacial score (nSPS) is 15.1. The van der Waals surface area contributed by atoms with Crippen LogP contribution in [0, 0.1) is 0 Å². The van der Waals surface area contributed by atoms with Crippen LogP contribution in [0.5, 0.6) is 0 Å². The number of aromatic nitrogens is 1. The molecule has 0 unspecified atom stereocenters. The standard InChI is InChI=1S/C47H44N4.C5H10.C3H8/c1-6-30-16-10-14-22-42(30)51(32-25-27-36-33-17-8-7-9-20-38(33)47(4,5)41(36)29-32)49-44-37-19-12-15-23-43(37)50(45(44)48)31-24-26-35-34-18-11-13-21-39(34)46(2,3)40(35)28-31;1-3-5-4-2;1-3-2/h8-29,49H,6-7,48H2,1-5H3;3,5H,4H2,1-2H3;3H2,1-2H3/b;5-3-;. The Balaban J connectivity index is 0.000000608. The molecule has 0 atom stereocenters. The van der Waals surface area contributed by atoms with E-state index in [4.69, 9.17) is 5.73 Å². The Hall–Kier alpha value is -6.00. The average Bonchev–Trinajstić information content (AvgIpc) is 3.60. The molecule has 1 aromatic heterocycles. The third-order valence-corrected chi connectivity index (χ3v) is 12.1. The van der Waals surface area contributed by atoms with E-state index in [0.717, 1.165) is 52.9 Å². The Morgan fingerprint density at radius 2 is 1.37 bits per heavy atom. The molecule has 302 valence electrons. The van der Waals surface area contributed by atoms with Crippen LogP contribution in [0.25, 0.3) is 33.3 Å². The fraction of sp³-hybridized carbons (Fsp3) is 0.273. The van der Waals surface area contributed by atoms with Gasteiger partial charge in [-0.15, -0.1) is 0 Å². The molecule has 0 saturated heterocycles. The summed E-state index contributed by atoms with van der Waals surface area (Å²) < 4.78 is 2.21. The molecule has 3 N–H and O–H groups in total. The van der Waals surface area contributed by atoms with Crippen molar-refractivity contribution in [2.24, 2.45) is 0 Å². The van der Waals surface area contributed by atoms with Gasteiger partial charge in [0.25, 0.3) is 0 Å². The van der Waals surface area contributed by atoms with Crippen LogP contribution in [0.15, 0.2) is 151 Å². The molecule has 9 rings (SSSR count). The van der Waals surface area contributed by atoms with Crippen LogP contribution in [0.2, 0.25) is 0 Å². The van der Waals surface area contributed by atoms with Gasteiger partial charge in [0, 0.05) is 21.9 Å². The van der Waals surface area contributed by atoms with Crippen LogP contribution in [-0.4, -0.2) is 4.57 Å². The lowest BCUT2D eigenvalue weighted by atomic mass is 9.81. The summed E-state index contributed by atoms with van der Waals surface area (Å²) in [6.07, 6.45) is 17.6. The topological polar surface area (TPSA) is 46.2 Å². The molecule has 0 bridgehead atoms. The van der Waals surface area contributed by atoms with Gasteiger partial charge in [-0.05, 0) is 113 Å². The molecule has 0 aliphatic heterocycles. The minimum absolute atomic E-state index is 0.110. The van der Waals surface area contributed by atoms with E-state index in [0.29, 0.717) is 5.82 Å². The van der Waals surface area contributed by atoms with E-state index in [1.807, 2.05) is 6.92 Å². The van der Waals surface area contributed by atoms with Gasteiger partial charge in [0.15, 0.2) is 0 Å². The first-order chi connectivity index (χ1) is 28.5. The first-order valence-corrected chi connectivity index (χ1v) is 21.6. The Bertz CT molecular complexity index is 2610. The van der Waals surface area contributed by atoms with Gasteiger partial charge in [-0.1, -0.05) is 171 Å². The van der Waals surface area contributed by atoms with Gasteiger partial charge in [-0.3, -0.25) is 15.0 Å². The van der Waals surface area contributed by atoms with Crippen LogP contribution in [-0.2, 0) is 17.3 Å². The average molecular weight is 779 g/mol. The van der Waals surface area contributed by atoms with Crippen molar-refractivity contribution in [1.29, 1.82) is 0 Å². The first-order valence-electron chi connectivity index (χ1n) is 21.6. The maximum atomic E-state index is 7.30. The summed E-state index contributed by atoms with van der Waals surface area (Å²) in [6, 6.07) is 39.8. The lowest BCUT2D eigenvalue weighted by Gasteiger charge is -2.30. The van der Waals surface area contributed by atoms with Crippen molar-refractivity contribution in [2.75, 3.05) is 16.2 Å². The largest absolute Gasteiger partial charge is 0.383 e. The van der Waals surface area contributed by atoms with Gasteiger partial charge < -0.3 is 5.73 Å². The zero-order chi connectivity index (χ0) is 41.9. The fourth-order valence-corrected chi connectivity index (χ4v) is 9.10. The summed E-state index contributed by atoms with van der Waals surface area (Å²) in [6.45, 7) is 20.0. The molecule has 6 aromatic rings. The van der Waals surface area contributed by atoms with Crippen LogP contribution in [0.4, 0.5) is 22.9 Å². The summed E-state index contributed by atoms with van der Waals surface area (Å²) in [5.74, 6) is 0.675. The van der Waals surface area contributed by atoms with Gasteiger partial charge in [-0.25, -0.2) is 0 Å². The number of nitrogens with one attached hydrogen (secondary N) is 1. The van der Waals surface area contributed by atoms with Gasteiger partial charge in [-0.2, -0.15) is 0 Å². The lowest BCUT2D eigenvalue weighted by molar-refractivity contribution is 0.654. The summed E-state index contributed by atoms with van der Waals surface area (Å²) in [7, 11) is 0. The first kappa shape index (κ1) is 41.2. The maximum absolute atomic E-state index is 7.30. The number of aryl methyl sites for hydroxylation is 1. The number of allylic oxidation sites excluding steroid dienone is 8. The van der Waals surface area contributed by atoms with E-state index in [1.165, 1.54) is 56.5 Å². The second-order valence-electron chi connectivity index (χ2n) is 16.8. The van der Waals surface area contributed by atoms with Crippen LogP contribution >= 0.6 is 0 Å². The molecule has 5 aromatic carbocycles. The lowest BCUT2D eigenvalue weighted by Crippen LogP contribution is -2.27.